The maximum absolute atomic E-state index is 12.7. The van der Waals surface area contributed by atoms with Gasteiger partial charge < -0.3 is 4.42 Å². The van der Waals surface area contributed by atoms with Gasteiger partial charge in [-0.1, -0.05) is 42.5 Å². The summed E-state index contributed by atoms with van der Waals surface area (Å²) >= 11 is 0. The monoisotopic (exact) mass is 315 g/mol. The Balaban J connectivity index is 2.00. The van der Waals surface area contributed by atoms with Gasteiger partial charge in [0, 0.05) is 11.1 Å². The first-order chi connectivity index (χ1) is 11.6. The summed E-state index contributed by atoms with van der Waals surface area (Å²) in [4.78, 5) is 29.8. The fourth-order valence-corrected chi connectivity index (χ4v) is 2.79. The second-order valence-electron chi connectivity index (χ2n) is 5.60. The molecular formula is C20H13NO3. The van der Waals surface area contributed by atoms with Crippen molar-refractivity contribution in [2.45, 2.75) is 6.92 Å². The summed E-state index contributed by atoms with van der Waals surface area (Å²) in [7, 11) is 0. The van der Waals surface area contributed by atoms with E-state index in [0.29, 0.717) is 33.2 Å². The van der Waals surface area contributed by atoms with E-state index < -0.39 is 0 Å². The lowest BCUT2D eigenvalue weighted by Gasteiger charge is -2.07. The van der Waals surface area contributed by atoms with E-state index in [9.17, 15) is 9.59 Å². The van der Waals surface area contributed by atoms with Crippen molar-refractivity contribution in [2.24, 2.45) is 0 Å². The number of aromatic nitrogens is 1. The standard InChI is InChI=1S/C20H13NO3/c1-12-15(18(22)13-7-3-2-4-8-13)11-16-19(23)14-9-5-6-10-17(14)24-20(16)21-12/h2-11H,1H3. The van der Waals surface area contributed by atoms with E-state index in [0.717, 1.165) is 0 Å². The topological polar surface area (TPSA) is 60.2 Å². The van der Waals surface area contributed by atoms with Crippen LogP contribution in [-0.4, -0.2) is 10.8 Å². The third-order valence-corrected chi connectivity index (χ3v) is 4.04. The number of carbonyl (C=O) groups is 1. The van der Waals surface area contributed by atoms with Crippen LogP contribution in [0, 0.1) is 6.92 Å². The number of aryl methyl sites for hydroxylation is 1. The van der Waals surface area contributed by atoms with Gasteiger partial charge in [-0.3, -0.25) is 9.59 Å². The van der Waals surface area contributed by atoms with E-state index in [2.05, 4.69) is 4.98 Å². The number of pyridine rings is 1. The van der Waals surface area contributed by atoms with E-state index in [-0.39, 0.29) is 16.9 Å². The van der Waals surface area contributed by atoms with Crippen molar-refractivity contribution in [1.29, 1.82) is 0 Å². The number of benzene rings is 2. The van der Waals surface area contributed by atoms with Crippen molar-refractivity contribution in [3.63, 3.8) is 0 Å². The summed E-state index contributed by atoms with van der Waals surface area (Å²) in [6.07, 6.45) is 0. The molecule has 24 heavy (non-hydrogen) atoms. The molecule has 0 N–H and O–H groups in total. The third kappa shape index (κ3) is 2.20. The number of fused-ring (bicyclic) bond motifs is 2. The molecule has 4 heteroatoms. The van der Waals surface area contributed by atoms with Gasteiger partial charge in [0.05, 0.1) is 16.5 Å². The van der Waals surface area contributed by atoms with E-state index >= 15 is 0 Å². The van der Waals surface area contributed by atoms with Gasteiger partial charge in [0.15, 0.2) is 5.78 Å². The summed E-state index contributed by atoms with van der Waals surface area (Å²) in [5.41, 5.74) is 2.07. The van der Waals surface area contributed by atoms with Crippen LogP contribution in [-0.2, 0) is 0 Å². The summed E-state index contributed by atoms with van der Waals surface area (Å²) in [6.45, 7) is 1.74. The van der Waals surface area contributed by atoms with Crippen LogP contribution in [0.2, 0.25) is 0 Å². The van der Waals surface area contributed by atoms with Crippen LogP contribution in [0.1, 0.15) is 21.6 Å². The number of para-hydroxylation sites is 1. The first-order valence-corrected chi connectivity index (χ1v) is 7.58. The van der Waals surface area contributed by atoms with Gasteiger partial charge in [0.2, 0.25) is 11.1 Å². The van der Waals surface area contributed by atoms with Crippen LogP contribution < -0.4 is 5.43 Å². The van der Waals surface area contributed by atoms with Gasteiger partial charge >= 0.3 is 0 Å². The summed E-state index contributed by atoms with van der Waals surface area (Å²) in [5.74, 6) is -0.157. The molecule has 4 rings (SSSR count). The highest BCUT2D eigenvalue weighted by atomic mass is 16.3. The Labute approximate surface area is 137 Å². The molecule has 0 bridgehead atoms. The predicted molar refractivity (Wildman–Crippen MR) is 92.4 cm³/mol. The van der Waals surface area contributed by atoms with Crippen LogP contribution >= 0.6 is 0 Å². The number of carbonyl (C=O) groups excluding carboxylic acids is 1. The molecule has 0 saturated carbocycles. The number of nitrogens with zero attached hydrogens (tertiary/aromatic N) is 1. The minimum atomic E-state index is -0.179. The molecule has 0 radical (unpaired) electrons. The van der Waals surface area contributed by atoms with Crippen LogP contribution in [0.15, 0.2) is 69.9 Å². The summed E-state index contributed by atoms with van der Waals surface area (Å²) in [5, 5.41) is 0.798. The normalized spacial score (nSPS) is 11.0. The molecule has 0 aliphatic heterocycles. The SMILES string of the molecule is Cc1nc2oc3ccccc3c(=O)c2cc1C(=O)c1ccccc1. The Morgan fingerprint density at radius 3 is 2.46 bits per heavy atom. The third-order valence-electron chi connectivity index (χ3n) is 4.04. The molecule has 0 fully saturated rings. The Bertz CT molecular complexity index is 1140. The van der Waals surface area contributed by atoms with E-state index in [4.69, 9.17) is 4.42 Å². The van der Waals surface area contributed by atoms with Crippen molar-refractivity contribution in [3.8, 4) is 0 Å². The molecule has 0 saturated heterocycles. The molecule has 2 aromatic carbocycles. The van der Waals surface area contributed by atoms with Crippen LogP contribution in [0.25, 0.3) is 22.1 Å². The van der Waals surface area contributed by atoms with Crippen LogP contribution in [0.5, 0.6) is 0 Å². The minimum absolute atomic E-state index is 0.157. The maximum atomic E-state index is 12.7. The molecule has 0 unspecified atom stereocenters. The fourth-order valence-electron chi connectivity index (χ4n) is 2.79. The Morgan fingerprint density at radius 1 is 0.958 bits per heavy atom. The van der Waals surface area contributed by atoms with Crippen molar-refractivity contribution >= 4 is 27.9 Å². The molecule has 4 aromatic rings. The lowest BCUT2D eigenvalue weighted by molar-refractivity contribution is 0.103. The molecule has 0 aliphatic rings. The second kappa shape index (κ2) is 5.42. The number of hydrogen-bond donors (Lipinski definition) is 0. The van der Waals surface area contributed by atoms with E-state index in [1.807, 2.05) is 6.07 Å². The largest absolute Gasteiger partial charge is 0.437 e. The van der Waals surface area contributed by atoms with Gasteiger partial charge in [0.1, 0.15) is 5.58 Å². The van der Waals surface area contributed by atoms with Gasteiger partial charge in [-0.25, -0.2) is 4.98 Å². The maximum Gasteiger partial charge on any atom is 0.230 e. The Hall–Kier alpha value is -3.27. The van der Waals surface area contributed by atoms with E-state index in [1.54, 1.807) is 61.5 Å². The highest BCUT2D eigenvalue weighted by Gasteiger charge is 2.17. The molecule has 0 spiro atoms. The second-order valence-corrected chi connectivity index (χ2v) is 5.60. The summed E-state index contributed by atoms with van der Waals surface area (Å²) in [6, 6.07) is 17.6. The molecule has 116 valence electrons. The fraction of sp³-hybridized carbons (Fsp3) is 0.0500. The van der Waals surface area contributed by atoms with Gasteiger partial charge in [-0.05, 0) is 25.1 Å². The number of ketones is 1. The Morgan fingerprint density at radius 2 is 1.67 bits per heavy atom. The first-order valence-electron chi connectivity index (χ1n) is 7.58. The molecule has 0 aliphatic carbocycles. The van der Waals surface area contributed by atoms with Crippen molar-refractivity contribution < 1.29 is 9.21 Å². The first kappa shape index (κ1) is 14.3. The van der Waals surface area contributed by atoms with Crippen molar-refractivity contribution in [2.75, 3.05) is 0 Å². The van der Waals surface area contributed by atoms with Crippen LogP contribution in [0.4, 0.5) is 0 Å². The number of hydrogen-bond acceptors (Lipinski definition) is 4. The quantitative estimate of drug-likeness (QED) is 0.416. The molecule has 2 aromatic heterocycles. The molecule has 0 atom stereocenters. The smallest absolute Gasteiger partial charge is 0.230 e. The molecule has 4 nitrogen and oxygen atoms in total. The Kier molecular flexibility index (Phi) is 3.24. The zero-order valence-electron chi connectivity index (χ0n) is 12.9. The van der Waals surface area contributed by atoms with E-state index in [1.165, 1.54) is 0 Å². The number of rotatable bonds is 2. The van der Waals surface area contributed by atoms with Crippen molar-refractivity contribution in [3.05, 3.63) is 87.7 Å². The van der Waals surface area contributed by atoms with Crippen molar-refractivity contribution in [1.82, 2.24) is 4.98 Å². The van der Waals surface area contributed by atoms with Gasteiger partial charge in [-0.15, -0.1) is 0 Å². The predicted octanol–water partition coefficient (Wildman–Crippen LogP) is 3.88. The highest BCUT2D eigenvalue weighted by molar-refractivity contribution is 6.11. The average molecular weight is 315 g/mol. The summed E-state index contributed by atoms with van der Waals surface area (Å²) < 4.78 is 5.73. The molecule has 0 amide bonds. The van der Waals surface area contributed by atoms with Gasteiger partial charge in [0.25, 0.3) is 0 Å². The lowest BCUT2D eigenvalue weighted by atomic mass is 10.0. The average Bonchev–Trinajstić information content (AvgIpc) is 2.62. The zero-order chi connectivity index (χ0) is 16.7. The van der Waals surface area contributed by atoms with Gasteiger partial charge in [-0.2, -0.15) is 0 Å². The molecular weight excluding hydrogens is 302 g/mol. The molecule has 2 heterocycles. The minimum Gasteiger partial charge on any atom is -0.437 e. The lowest BCUT2D eigenvalue weighted by Crippen LogP contribution is -2.09. The van der Waals surface area contributed by atoms with Crippen LogP contribution in [0.3, 0.4) is 0 Å². The zero-order valence-corrected chi connectivity index (χ0v) is 12.9. The highest BCUT2D eigenvalue weighted by Crippen LogP contribution is 2.21.